The normalized spacial score (nSPS) is 30.1. The van der Waals surface area contributed by atoms with E-state index in [0.29, 0.717) is 6.61 Å². The number of fused-ring (bicyclic) bond motifs is 4. The molecule has 8 heteroatoms. The van der Waals surface area contributed by atoms with Gasteiger partial charge in [0, 0.05) is 24.4 Å². The summed E-state index contributed by atoms with van der Waals surface area (Å²) in [7, 11) is 0. The molecule has 2 bridgehead atoms. The molecule has 8 nitrogen and oxygen atoms in total. The molecular weight excluding hydrogens is 396 g/mol. The molecule has 0 spiro atoms. The summed E-state index contributed by atoms with van der Waals surface area (Å²) in [6.45, 7) is 5.39. The minimum Gasteiger partial charge on any atom is -0.484 e. The van der Waals surface area contributed by atoms with Crippen molar-refractivity contribution in [3.63, 3.8) is 0 Å². The first kappa shape index (κ1) is 19.2. The third-order valence-corrected chi connectivity index (χ3v) is 7.04. The SMILES string of the molecule is C[C@@H](Oc1ccc2ncc3c(c2c1)CCOC3)c1cn(C23CC(C)(C2)OC3CO)nn1. The van der Waals surface area contributed by atoms with Crippen LogP contribution in [0, 0.1) is 0 Å². The Labute approximate surface area is 180 Å². The number of pyridine rings is 1. The second-order valence-electron chi connectivity index (χ2n) is 9.29. The van der Waals surface area contributed by atoms with Gasteiger partial charge in [0.25, 0.3) is 0 Å². The van der Waals surface area contributed by atoms with E-state index in [1.165, 1.54) is 5.56 Å². The summed E-state index contributed by atoms with van der Waals surface area (Å²) < 4.78 is 19.7. The highest BCUT2D eigenvalue weighted by atomic mass is 16.5. The summed E-state index contributed by atoms with van der Waals surface area (Å²) in [5.74, 6) is 0.781. The largest absolute Gasteiger partial charge is 0.484 e. The predicted molar refractivity (Wildman–Crippen MR) is 112 cm³/mol. The topological polar surface area (TPSA) is 91.5 Å². The van der Waals surface area contributed by atoms with Crippen LogP contribution in [0.1, 0.15) is 49.6 Å². The van der Waals surface area contributed by atoms with Gasteiger partial charge in [-0.05, 0) is 49.6 Å². The van der Waals surface area contributed by atoms with E-state index in [9.17, 15) is 5.11 Å². The van der Waals surface area contributed by atoms with Gasteiger partial charge in [0.2, 0.25) is 0 Å². The number of aliphatic hydroxyl groups is 1. The summed E-state index contributed by atoms with van der Waals surface area (Å²) in [4.78, 5) is 4.56. The fourth-order valence-electron chi connectivity index (χ4n) is 5.59. The number of hydrogen-bond donors (Lipinski definition) is 1. The number of aromatic nitrogens is 4. The van der Waals surface area contributed by atoms with Crippen LogP contribution in [0.3, 0.4) is 0 Å². The van der Waals surface area contributed by atoms with Crippen LogP contribution in [0.2, 0.25) is 0 Å². The number of aliphatic hydroxyl groups excluding tert-OH is 1. The van der Waals surface area contributed by atoms with Crippen molar-refractivity contribution in [3.05, 3.63) is 47.4 Å². The third kappa shape index (κ3) is 2.89. The van der Waals surface area contributed by atoms with Gasteiger partial charge in [-0.25, -0.2) is 4.68 Å². The molecule has 2 saturated heterocycles. The Morgan fingerprint density at radius 2 is 2.23 bits per heavy atom. The number of benzene rings is 1. The lowest BCUT2D eigenvalue weighted by molar-refractivity contribution is -0.0239. The summed E-state index contributed by atoms with van der Waals surface area (Å²) in [6.07, 6.45) is 5.91. The highest BCUT2D eigenvalue weighted by molar-refractivity contribution is 5.84. The average Bonchev–Trinajstić information content (AvgIpc) is 3.44. The van der Waals surface area contributed by atoms with Gasteiger partial charge in [0.1, 0.15) is 23.7 Å². The van der Waals surface area contributed by atoms with Crippen molar-refractivity contribution in [2.45, 2.75) is 63.1 Å². The second kappa shape index (κ2) is 6.72. The molecule has 2 aromatic heterocycles. The molecule has 1 N–H and O–H groups in total. The summed E-state index contributed by atoms with van der Waals surface area (Å²) >= 11 is 0. The molecule has 5 heterocycles. The minimum absolute atomic E-state index is 0.0165. The number of ether oxygens (including phenoxy) is 3. The maximum Gasteiger partial charge on any atom is 0.141 e. The van der Waals surface area contributed by atoms with Gasteiger partial charge in [-0.2, -0.15) is 0 Å². The molecule has 3 aromatic rings. The molecule has 162 valence electrons. The summed E-state index contributed by atoms with van der Waals surface area (Å²) in [5, 5.41) is 19.6. The van der Waals surface area contributed by atoms with E-state index in [-0.39, 0.29) is 30.0 Å². The average molecular weight is 422 g/mol. The van der Waals surface area contributed by atoms with Crippen LogP contribution in [0.15, 0.2) is 30.6 Å². The molecule has 1 aromatic carbocycles. The predicted octanol–water partition coefficient (Wildman–Crippen LogP) is 2.68. The lowest BCUT2D eigenvalue weighted by Crippen LogP contribution is -2.52. The smallest absolute Gasteiger partial charge is 0.141 e. The number of rotatable bonds is 5. The zero-order valence-electron chi connectivity index (χ0n) is 17.7. The maximum absolute atomic E-state index is 9.76. The first-order chi connectivity index (χ1) is 15.0. The zero-order chi connectivity index (χ0) is 21.2. The monoisotopic (exact) mass is 422 g/mol. The van der Waals surface area contributed by atoms with Crippen LogP contribution >= 0.6 is 0 Å². The molecule has 1 unspecified atom stereocenters. The molecule has 0 amide bonds. The zero-order valence-corrected chi connectivity index (χ0v) is 17.7. The van der Waals surface area contributed by atoms with Crippen molar-refractivity contribution < 1.29 is 19.3 Å². The molecule has 4 aliphatic rings. The van der Waals surface area contributed by atoms with Crippen LogP contribution in [0.25, 0.3) is 10.9 Å². The molecule has 3 aliphatic heterocycles. The third-order valence-electron chi connectivity index (χ3n) is 7.04. The van der Waals surface area contributed by atoms with E-state index in [1.807, 2.05) is 36.1 Å². The summed E-state index contributed by atoms with van der Waals surface area (Å²) in [6, 6.07) is 6.01. The van der Waals surface area contributed by atoms with Crippen LogP contribution in [0.4, 0.5) is 0 Å². The lowest BCUT2D eigenvalue weighted by atomic mass is 9.67. The van der Waals surface area contributed by atoms with Gasteiger partial charge < -0.3 is 19.3 Å². The van der Waals surface area contributed by atoms with E-state index in [1.54, 1.807) is 0 Å². The molecule has 31 heavy (non-hydrogen) atoms. The van der Waals surface area contributed by atoms with Crippen LogP contribution in [-0.2, 0) is 28.0 Å². The van der Waals surface area contributed by atoms with Gasteiger partial charge >= 0.3 is 0 Å². The van der Waals surface area contributed by atoms with Gasteiger partial charge in [-0.1, -0.05) is 5.21 Å². The maximum atomic E-state index is 9.76. The first-order valence-electron chi connectivity index (χ1n) is 10.9. The summed E-state index contributed by atoms with van der Waals surface area (Å²) in [5.41, 5.74) is 3.71. The fourth-order valence-corrected chi connectivity index (χ4v) is 5.59. The quantitative estimate of drug-likeness (QED) is 0.676. The van der Waals surface area contributed by atoms with Crippen molar-refractivity contribution in [1.82, 2.24) is 20.0 Å². The van der Waals surface area contributed by atoms with E-state index in [4.69, 9.17) is 14.2 Å². The Hall–Kier alpha value is -2.55. The molecule has 7 rings (SSSR count). The molecule has 0 radical (unpaired) electrons. The van der Waals surface area contributed by atoms with Crippen molar-refractivity contribution >= 4 is 10.9 Å². The molecule has 1 aliphatic carbocycles. The first-order valence-corrected chi connectivity index (χ1v) is 10.9. The van der Waals surface area contributed by atoms with Crippen LogP contribution < -0.4 is 4.74 Å². The van der Waals surface area contributed by atoms with Crippen molar-refractivity contribution in [2.24, 2.45) is 0 Å². The molecular formula is C23H26N4O4. The Balaban J connectivity index is 1.25. The van der Waals surface area contributed by atoms with E-state index in [0.717, 1.165) is 53.8 Å². The number of hydrogen-bond acceptors (Lipinski definition) is 7. The lowest BCUT2D eigenvalue weighted by Gasteiger charge is -2.42. The fraction of sp³-hybridized carbons (Fsp3) is 0.522. The van der Waals surface area contributed by atoms with E-state index >= 15 is 0 Å². The van der Waals surface area contributed by atoms with Crippen molar-refractivity contribution in [3.8, 4) is 5.75 Å². The van der Waals surface area contributed by atoms with E-state index < -0.39 is 0 Å². The highest BCUT2D eigenvalue weighted by Crippen LogP contribution is 2.59. The van der Waals surface area contributed by atoms with Gasteiger partial charge in [0.05, 0.1) is 42.7 Å². The Bertz CT molecular complexity index is 1150. The van der Waals surface area contributed by atoms with Crippen molar-refractivity contribution in [1.29, 1.82) is 0 Å². The Morgan fingerprint density at radius 3 is 3.06 bits per heavy atom. The van der Waals surface area contributed by atoms with Gasteiger partial charge in [-0.15, -0.1) is 5.10 Å². The van der Waals surface area contributed by atoms with Gasteiger partial charge in [0.15, 0.2) is 0 Å². The van der Waals surface area contributed by atoms with Crippen LogP contribution in [-0.4, -0.2) is 50.0 Å². The standard InChI is InChI=1S/C23H26N4O4/c1-14(20-9-27(26-25-20)23-12-22(2,13-23)31-21(23)10-28)30-16-3-4-19-18(7-16)17-5-6-29-11-15(17)8-24-19/h3-4,7-9,14,21,28H,5-6,10-13H2,1-2H3/t14-,21?,22?,23?/m1/s1. The van der Waals surface area contributed by atoms with E-state index in [2.05, 4.69) is 28.3 Å². The van der Waals surface area contributed by atoms with Crippen LogP contribution in [0.5, 0.6) is 5.75 Å². The van der Waals surface area contributed by atoms with Gasteiger partial charge in [-0.3, -0.25) is 4.98 Å². The Morgan fingerprint density at radius 1 is 1.35 bits per heavy atom. The molecule has 2 atom stereocenters. The minimum atomic E-state index is -0.301. The second-order valence-corrected chi connectivity index (χ2v) is 9.29. The molecule has 1 saturated carbocycles. The highest BCUT2D eigenvalue weighted by Gasteiger charge is 2.67. The molecule has 3 fully saturated rings. The number of nitrogens with zero attached hydrogens (tertiary/aromatic N) is 4. The van der Waals surface area contributed by atoms with Crippen molar-refractivity contribution in [2.75, 3.05) is 13.2 Å². The Kier molecular flexibility index (Phi) is 4.15.